The van der Waals surface area contributed by atoms with Gasteiger partial charge in [-0.15, -0.1) is 0 Å². The number of nitrogens with zero attached hydrogens (tertiary/aromatic N) is 1. The molecular weight excluding hydrogens is 333 g/mol. The molecule has 0 aliphatic heterocycles. The second-order valence-electron chi connectivity index (χ2n) is 5.11. The molecule has 2 rings (SSSR count). The zero-order chi connectivity index (χ0) is 18.4. The third-order valence-electron chi connectivity index (χ3n) is 3.44. The molecule has 0 saturated carbocycles. The average Bonchev–Trinajstić information content (AvgIpc) is 2.62. The summed E-state index contributed by atoms with van der Waals surface area (Å²) in [7, 11) is 3.05. The second kappa shape index (κ2) is 8.23. The van der Waals surface area contributed by atoms with E-state index in [2.05, 4.69) is 0 Å². The Balaban J connectivity index is 2.16. The second-order valence-corrected chi connectivity index (χ2v) is 5.11. The van der Waals surface area contributed by atoms with Crippen molar-refractivity contribution < 1.29 is 22.6 Å². The van der Waals surface area contributed by atoms with Gasteiger partial charge in [-0.3, -0.25) is 5.41 Å². The number of benzene rings is 2. The van der Waals surface area contributed by atoms with E-state index in [1.165, 1.54) is 19.1 Å². The summed E-state index contributed by atoms with van der Waals surface area (Å²) in [6, 6.07) is 7.07. The average molecular weight is 350 g/mol. The van der Waals surface area contributed by atoms with Gasteiger partial charge < -0.3 is 14.4 Å². The molecule has 0 atom stereocenters. The third kappa shape index (κ3) is 4.53. The summed E-state index contributed by atoms with van der Waals surface area (Å²) >= 11 is 0. The van der Waals surface area contributed by atoms with E-state index in [-0.39, 0.29) is 12.1 Å². The monoisotopic (exact) mass is 350 g/mol. The summed E-state index contributed by atoms with van der Waals surface area (Å²) in [5.74, 6) is -2.90. The summed E-state index contributed by atoms with van der Waals surface area (Å²) in [6.07, 6.45) is 4.26. The Morgan fingerprint density at radius 1 is 1.00 bits per heavy atom. The molecule has 0 aliphatic carbocycles. The van der Waals surface area contributed by atoms with E-state index in [1.54, 1.807) is 30.5 Å². The maximum atomic E-state index is 13.3. The van der Waals surface area contributed by atoms with Crippen LogP contribution in [-0.2, 0) is 6.54 Å². The van der Waals surface area contributed by atoms with Gasteiger partial charge in [0.05, 0.1) is 20.6 Å². The Bertz CT molecular complexity index is 771. The lowest BCUT2D eigenvalue weighted by molar-refractivity contribution is 0.355. The van der Waals surface area contributed by atoms with Crippen LogP contribution in [0, 0.1) is 22.9 Å². The number of ether oxygens (including phenoxy) is 2. The molecule has 25 heavy (non-hydrogen) atoms. The molecule has 0 unspecified atom stereocenters. The molecule has 132 valence electrons. The van der Waals surface area contributed by atoms with Gasteiger partial charge in [-0.25, -0.2) is 13.2 Å². The smallest absolute Gasteiger partial charge is 0.194 e. The van der Waals surface area contributed by atoms with E-state index in [0.29, 0.717) is 11.5 Å². The molecule has 1 N–H and O–H groups in total. The van der Waals surface area contributed by atoms with Gasteiger partial charge in [-0.05, 0) is 41.5 Å². The number of hydrogen-bond acceptors (Lipinski definition) is 3. The standard InChI is InChI=1S/C18H17F3N2O2/c1-24-16-4-3-12(9-17(16)25-2)5-6-23(11-22)10-13-7-14(19)18(21)15(20)8-13/h3-9,11,22H,10H2,1-2H3/b6-5+,22-11?. The van der Waals surface area contributed by atoms with Gasteiger partial charge in [-0.1, -0.05) is 6.07 Å². The lowest BCUT2D eigenvalue weighted by atomic mass is 10.2. The van der Waals surface area contributed by atoms with Crippen molar-refractivity contribution in [2.24, 2.45) is 0 Å². The van der Waals surface area contributed by atoms with E-state index >= 15 is 0 Å². The number of hydrogen-bond donors (Lipinski definition) is 1. The van der Waals surface area contributed by atoms with Crippen molar-refractivity contribution in [3.8, 4) is 11.5 Å². The minimum absolute atomic E-state index is 0.0153. The lowest BCUT2D eigenvalue weighted by Crippen LogP contribution is -2.14. The van der Waals surface area contributed by atoms with Gasteiger partial charge in [0.2, 0.25) is 0 Å². The molecule has 0 aromatic heterocycles. The van der Waals surface area contributed by atoms with Gasteiger partial charge in [0.25, 0.3) is 0 Å². The van der Waals surface area contributed by atoms with Crippen LogP contribution in [0.25, 0.3) is 6.08 Å². The van der Waals surface area contributed by atoms with E-state index in [9.17, 15) is 13.2 Å². The summed E-state index contributed by atoms with van der Waals surface area (Å²) in [5.41, 5.74) is 0.984. The maximum Gasteiger partial charge on any atom is 0.194 e. The normalized spacial score (nSPS) is 10.8. The van der Waals surface area contributed by atoms with Crippen LogP contribution in [0.2, 0.25) is 0 Å². The van der Waals surface area contributed by atoms with Crippen molar-refractivity contribution in [3.63, 3.8) is 0 Å². The molecule has 2 aromatic carbocycles. The molecule has 0 amide bonds. The number of methoxy groups -OCH3 is 2. The van der Waals surface area contributed by atoms with Crippen LogP contribution in [0.4, 0.5) is 13.2 Å². The van der Waals surface area contributed by atoms with E-state index in [1.807, 2.05) is 0 Å². The van der Waals surface area contributed by atoms with Crippen LogP contribution >= 0.6 is 0 Å². The highest BCUT2D eigenvalue weighted by Crippen LogP contribution is 2.28. The number of nitrogens with one attached hydrogen (secondary N) is 1. The fraction of sp³-hybridized carbons (Fsp3) is 0.167. The SMILES string of the molecule is COc1ccc(/C=C/N(C=N)Cc2cc(F)c(F)c(F)c2)cc1OC. The molecule has 2 aromatic rings. The summed E-state index contributed by atoms with van der Waals surface area (Å²) in [5, 5.41) is 7.41. The van der Waals surface area contributed by atoms with Crippen LogP contribution < -0.4 is 9.47 Å². The number of rotatable bonds is 7. The van der Waals surface area contributed by atoms with Crippen molar-refractivity contribution in [2.75, 3.05) is 14.2 Å². The Morgan fingerprint density at radius 3 is 2.20 bits per heavy atom. The van der Waals surface area contributed by atoms with Crippen LogP contribution in [-0.4, -0.2) is 25.5 Å². The lowest BCUT2D eigenvalue weighted by Gasteiger charge is -2.14. The maximum absolute atomic E-state index is 13.3. The van der Waals surface area contributed by atoms with E-state index in [0.717, 1.165) is 24.0 Å². The van der Waals surface area contributed by atoms with Crippen molar-refractivity contribution in [1.82, 2.24) is 4.90 Å². The van der Waals surface area contributed by atoms with Crippen molar-refractivity contribution in [2.45, 2.75) is 6.54 Å². The van der Waals surface area contributed by atoms with Crippen LogP contribution in [0.15, 0.2) is 36.5 Å². The molecule has 0 bridgehead atoms. The predicted molar refractivity (Wildman–Crippen MR) is 89.2 cm³/mol. The minimum atomic E-state index is -1.51. The highest BCUT2D eigenvalue weighted by Gasteiger charge is 2.11. The highest BCUT2D eigenvalue weighted by molar-refractivity contribution is 5.60. The first-order valence-corrected chi connectivity index (χ1v) is 7.28. The highest BCUT2D eigenvalue weighted by atomic mass is 19.2. The van der Waals surface area contributed by atoms with Crippen LogP contribution in [0.5, 0.6) is 11.5 Å². The Morgan fingerprint density at radius 2 is 1.64 bits per heavy atom. The molecular formula is C18H17F3N2O2. The topological polar surface area (TPSA) is 45.5 Å². The molecule has 0 fully saturated rings. The Hall–Kier alpha value is -2.96. The first kappa shape index (κ1) is 18.4. The summed E-state index contributed by atoms with van der Waals surface area (Å²) in [4.78, 5) is 1.39. The minimum Gasteiger partial charge on any atom is -0.493 e. The van der Waals surface area contributed by atoms with E-state index < -0.39 is 17.5 Å². The Labute approximate surface area is 143 Å². The van der Waals surface area contributed by atoms with Crippen molar-refractivity contribution >= 4 is 12.4 Å². The largest absolute Gasteiger partial charge is 0.493 e. The molecule has 0 spiro atoms. The van der Waals surface area contributed by atoms with Crippen molar-refractivity contribution in [1.29, 1.82) is 5.41 Å². The van der Waals surface area contributed by atoms with Crippen molar-refractivity contribution in [3.05, 3.63) is 65.1 Å². The molecule has 7 heteroatoms. The van der Waals surface area contributed by atoms with Gasteiger partial charge in [0.15, 0.2) is 29.0 Å². The summed E-state index contributed by atoms with van der Waals surface area (Å²) < 4.78 is 49.9. The molecule has 0 saturated heterocycles. The van der Waals surface area contributed by atoms with Crippen LogP contribution in [0.1, 0.15) is 11.1 Å². The zero-order valence-electron chi connectivity index (χ0n) is 13.7. The quantitative estimate of drug-likeness (QED) is 0.462. The molecule has 0 aliphatic rings. The molecule has 4 nitrogen and oxygen atoms in total. The zero-order valence-corrected chi connectivity index (χ0v) is 13.7. The molecule has 0 radical (unpaired) electrons. The van der Waals surface area contributed by atoms with Gasteiger partial charge >= 0.3 is 0 Å². The fourth-order valence-electron chi connectivity index (χ4n) is 2.19. The number of halogens is 3. The van der Waals surface area contributed by atoms with Gasteiger partial charge in [0, 0.05) is 12.7 Å². The third-order valence-corrected chi connectivity index (χ3v) is 3.44. The first-order valence-electron chi connectivity index (χ1n) is 7.28. The van der Waals surface area contributed by atoms with Crippen LogP contribution in [0.3, 0.4) is 0 Å². The van der Waals surface area contributed by atoms with E-state index in [4.69, 9.17) is 14.9 Å². The first-order chi connectivity index (χ1) is 12.0. The Kier molecular flexibility index (Phi) is 6.05. The van der Waals surface area contributed by atoms with Gasteiger partial charge in [-0.2, -0.15) is 0 Å². The fourth-order valence-corrected chi connectivity index (χ4v) is 2.19. The molecule has 0 heterocycles. The van der Waals surface area contributed by atoms with Gasteiger partial charge in [0.1, 0.15) is 0 Å². The summed E-state index contributed by atoms with van der Waals surface area (Å²) in [6.45, 7) is 0.0153. The predicted octanol–water partition coefficient (Wildman–Crippen LogP) is 4.20.